The largest absolute Gasteiger partial charge is 0.444 e. The van der Waals surface area contributed by atoms with Crippen LogP contribution in [0.25, 0.3) is 0 Å². The van der Waals surface area contributed by atoms with Gasteiger partial charge in [-0.15, -0.1) is 0 Å². The zero-order valence-electron chi connectivity index (χ0n) is 13.7. The number of carbonyl (C=O) groups excluding carboxylic acids is 1. The van der Waals surface area contributed by atoms with Crippen LogP contribution in [0.4, 0.5) is 16.3 Å². The van der Waals surface area contributed by atoms with Crippen molar-refractivity contribution in [3.05, 3.63) is 18.3 Å². The quantitative estimate of drug-likeness (QED) is 0.892. The number of nitrogens with one attached hydrogen (secondary N) is 2. The van der Waals surface area contributed by atoms with Crippen molar-refractivity contribution in [2.75, 3.05) is 17.2 Å². The van der Waals surface area contributed by atoms with Crippen LogP contribution in [0, 0.1) is 0 Å². The van der Waals surface area contributed by atoms with Gasteiger partial charge in [0, 0.05) is 6.54 Å². The van der Waals surface area contributed by atoms with Crippen molar-refractivity contribution in [1.29, 1.82) is 0 Å². The first kappa shape index (κ1) is 16.5. The molecule has 1 aromatic rings. The molecule has 2 rings (SSSR count). The zero-order valence-corrected chi connectivity index (χ0v) is 13.7. The molecular formula is C16H25N3O3. The third kappa shape index (κ3) is 5.52. The van der Waals surface area contributed by atoms with Crippen LogP contribution in [-0.4, -0.2) is 35.4 Å². The van der Waals surface area contributed by atoms with Gasteiger partial charge in [-0.3, -0.25) is 5.32 Å². The number of hydrogen-bond donors (Lipinski definition) is 2. The van der Waals surface area contributed by atoms with Gasteiger partial charge in [0.2, 0.25) is 0 Å². The first-order valence-corrected chi connectivity index (χ1v) is 7.67. The van der Waals surface area contributed by atoms with Gasteiger partial charge in [0.15, 0.2) is 0 Å². The Kier molecular flexibility index (Phi) is 5.24. The van der Waals surface area contributed by atoms with E-state index in [1.807, 2.05) is 26.8 Å². The molecule has 0 aliphatic carbocycles. The maximum atomic E-state index is 11.6. The monoisotopic (exact) mass is 307 g/mol. The van der Waals surface area contributed by atoms with Crippen LogP contribution < -0.4 is 10.6 Å². The van der Waals surface area contributed by atoms with Gasteiger partial charge in [0.25, 0.3) is 0 Å². The summed E-state index contributed by atoms with van der Waals surface area (Å²) in [6, 6.07) is 3.61. The number of rotatable bonds is 4. The van der Waals surface area contributed by atoms with Crippen LogP contribution in [0.5, 0.6) is 0 Å². The smallest absolute Gasteiger partial charge is 0.413 e. The molecule has 22 heavy (non-hydrogen) atoms. The second-order valence-corrected chi connectivity index (χ2v) is 6.59. The third-order valence-electron chi connectivity index (χ3n) is 3.25. The third-order valence-corrected chi connectivity index (χ3v) is 3.25. The maximum Gasteiger partial charge on any atom is 0.413 e. The molecule has 0 saturated carbocycles. The number of pyridine rings is 1. The Hall–Kier alpha value is -1.82. The average molecular weight is 307 g/mol. The van der Waals surface area contributed by atoms with Crippen LogP contribution in [0.3, 0.4) is 0 Å². The molecule has 1 fully saturated rings. The Morgan fingerprint density at radius 3 is 2.73 bits per heavy atom. The van der Waals surface area contributed by atoms with E-state index in [1.165, 1.54) is 0 Å². The number of nitrogens with zero attached hydrogens (tertiary/aromatic N) is 1. The summed E-state index contributed by atoms with van der Waals surface area (Å²) in [6.45, 7) is 8.32. The van der Waals surface area contributed by atoms with Crippen molar-refractivity contribution >= 4 is 17.6 Å². The fourth-order valence-corrected chi connectivity index (χ4v) is 2.25. The zero-order chi connectivity index (χ0) is 16.2. The van der Waals surface area contributed by atoms with Crippen LogP contribution in [0.2, 0.25) is 0 Å². The Labute approximate surface area is 131 Å². The van der Waals surface area contributed by atoms with Gasteiger partial charge in [-0.25, -0.2) is 9.78 Å². The summed E-state index contributed by atoms with van der Waals surface area (Å²) in [5.41, 5.74) is 0.377. The number of aromatic nitrogens is 1. The number of amides is 1. The normalized spacial score (nSPS) is 21.5. The van der Waals surface area contributed by atoms with Crippen LogP contribution >= 0.6 is 0 Å². The summed E-state index contributed by atoms with van der Waals surface area (Å²) in [5, 5.41) is 5.90. The van der Waals surface area contributed by atoms with E-state index >= 15 is 0 Å². The topological polar surface area (TPSA) is 72.5 Å². The fourth-order valence-electron chi connectivity index (χ4n) is 2.25. The lowest BCUT2D eigenvalue weighted by Gasteiger charge is -2.19. The molecule has 2 unspecified atom stereocenters. The predicted molar refractivity (Wildman–Crippen MR) is 86.2 cm³/mol. The molecule has 122 valence electrons. The van der Waals surface area contributed by atoms with E-state index in [1.54, 1.807) is 12.3 Å². The molecule has 2 heterocycles. The fraction of sp³-hybridized carbons (Fsp3) is 0.625. The number of carbonyl (C=O) groups is 1. The van der Waals surface area contributed by atoms with E-state index < -0.39 is 11.7 Å². The van der Waals surface area contributed by atoms with Gasteiger partial charge in [0.1, 0.15) is 11.4 Å². The predicted octanol–water partition coefficient (Wildman–Crippen LogP) is 3.41. The van der Waals surface area contributed by atoms with Crippen molar-refractivity contribution in [1.82, 2.24) is 4.98 Å². The second-order valence-electron chi connectivity index (χ2n) is 6.59. The molecule has 1 aliphatic heterocycles. The number of anilines is 2. The van der Waals surface area contributed by atoms with E-state index in [0.717, 1.165) is 25.1 Å². The highest BCUT2D eigenvalue weighted by Gasteiger charge is 2.21. The highest BCUT2D eigenvalue weighted by molar-refractivity contribution is 5.83. The highest BCUT2D eigenvalue weighted by Crippen LogP contribution is 2.20. The lowest BCUT2D eigenvalue weighted by Crippen LogP contribution is -2.27. The van der Waals surface area contributed by atoms with E-state index in [2.05, 4.69) is 22.5 Å². The van der Waals surface area contributed by atoms with E-state index in [4.69, 9.17) is 9.47 Å². The SMILES string of the molecule is CC1CCC(CNc2ccc(NC(=O)OC(C)(C)C)nc2)O1. The molecule has 1 saturated heterocycles. The number of hydrogen-bond acceptors (Lipinski definition) is 5. The van der Waals surface area contributed by atoms with E-state index in [9.17, 15) is 4.79 Å². The average Bonchev–Trinajstić information content (AvgIpc) is 2.81. The molecule has 6 nitrogen and oxygen atoms in total. The molecule has 1 aromatic heterocycles. The molecule has 0 radical (unpaired) electrons. The molecule has 0 spiro atoms. The molecule has 2 N–H and O–H groups in total. The van der Waals surface area contributed by atoms with Gasteiger partial charge in [-0.2, -0.15) is 0 Å². The first-order chi connectivity index (χ1) is 10.3. The van der Waals surface area contributed by atoms with Crippen molar-refractivity contribution in [3.8, 4) is 0 Å². The molecule has 1 aliphatic rings. The van der Waals surface area contributed by atoms with Gasteiger partial charge >= 0.3 is 6.09 Å². The van der Waals surface area contributed by atoms with Crippen LogP contribution in [-0.2, 0) is 9.47 Å². The molecule has 0 aromatic carbocycles. The van der Waals surface area contributed by atoms with Crippen molar-refractivity contribution in [2.45, 2.75) is 58.3 Å². The summed E-state index contributed by atoms with van der Waals surface area (Å²) in [4.78, 5) is 15.8. The Balaban J connectivity index is 1.79. The number of ether oxygens (including phenoxy) is 2. The highest BCUT2D eigenvalue weighted by atomic mass is 16.6. The standard InChI is InChI=1S/C16H25N3O3/c1-11-5-7-13(21-11)10-17-12-6-8-14(18-9-12)19-15(20)22-16(2,3)4/h6,8-9,11,13,17H,5,7,10H2,1-4H3,(H,18,19,20). The lowest BCUT2D eigenvalue weighted by molar-refractivity contribution is 0.0631. The summed E-state index contributed by atoms with van der Waals surface area (Å²) >= 11 is 0. The Morgan fingerprint density at radius 1 is 1.41 bits per heavy atom. The minimum atomic E-state index is -0.524. The van der Waals surface area contributed by atoms with Gasteiger partial charge in [0.05, 0.1) is 24.1 Å². The summed E-state index contributed by atoms with van der Waals surface area (Å²) in [6.07, 6.45) is 3.99. The first-order valence-electron chi connectivity index (χ1n) is 7.67. The van der Waals surface area contributed by atoms with Gasteiger partial charge < -0.3 is 14.8 Å². The van der Waals surface area contributed by atoms with E-state index in [-0.39, 0.29) is 6.10 Å². The Bertz CT molecular complexity index is 496. The summed E-state index contributed by atoms with van der Waals surface area (Å²) in [5.74, 6) is 0.463. The van der Waals surface area contributed by atoms with Crippen molar-refractivity contribution in [2.24, 2.45) is 0 Å². The molecular weight excluding hydrogens is 282 g/mol. The second kappa shape index (κ2) is 6.96. The molecule has 6 heteroatoms. The molecule has 0 bridgehead atoms. The lowest BCUT2D eigenvalue weighted by atomic mass is 10.2. The molecule has 1 amide bonds. The van der Waals surface area contributed by atoms with Gasteiger partial charge in [-0.1, -0.05) is 0 Å². The van der Waals surface area contributed by atoms with Gasteiger partial charge in [-0.05, 0) is 52.7 Å². The summed E-state index contributed by atoms with van der Waals surface area (Å²) in [7, 11) is 0. The van der Waals surface area contributed by atoms with Crippen molar-refractivity contribution in [3.63, 3.8) is 0 Å². The van der Waals surface area contributed by atoms with Crippen LogP contribution in [0.15, 0.2) is 18.3 Å². The van der Waals surface area contributed by atoms with Crippen LogP contribution in [0.1, 0.15) is 40.5 Å². The molecule has 2 atom stereocenters. The maximum absolute atomic E-state index is 11.6. The van der Waals surface area contributed by atoms with E-state index in [0.29, 0.717) is 11.9 Å². The Morgan fingerprint density at radius 2 is 2.18 bits per heavy atom. The minimum Gasteiger partial charge on any atom is -0.444 e. The van der Waals surface area contributed by atoms with Crippen molar-refractivity contribution < 1.29 is 14.3 Å². The summed E-state index contributed by atoms with van der Waals surface area (Å²) < 4.78 is 10.9. The minimum absolute atomic E-state index is 0.259.